The average molecular weight is 386 g/mol. The van der Waals surface area contributed by atoms with Crippen LogP contribution in [0.15, 0.2) is 72.8 Å². The lowest BCUT2D eigenvalue weighted by atomic mass is 10.0. The van der Waals surface area contributed by atoms with Crippen molar-refractivity contribution in [3.8, 4) is 5.75 Å². The van der Waals surface area contributed by atoms with Crippen LogP contribution in [0, 0.1) is 6.92 Å². The van der Waals surface area contributed by atoms with E-state index in [4.69, 9.17) is 4.74 Å². The normalized spacial score (nSPS) is 15.2. The van der Waals surface area contributed by atoms with Crippen LogP contribution in [0.1, 0.15) is 27.5 Å². The number of ether oxygens (including phenoxy) is 1. The molecule has 0 fully saturated rings. The summed E-state index contributed by atoms with van der Waals surface area (Å²) >= 11 is 0. The Bertz CT molecular complexity index is 1080. The van der Waals surface area contributed by atoms with Crippen molar-refractivity contribution >= 4 is 23.2 Å². The molecule has 0 aliphatic carbocycles. The van der Waals surface area contributed by atoms with Crippen molar-refractivity contribution in [1.82, 2.24) is 0 Å². The number of carbonyl (C=O) groups is 2. The molecule has 1 aliphatic heterocycles. The predicted octanol–water partition coefficient (Wildman–Crippen LogP) is 4.37. The number of carbonyl (C=O) groups excluding carboxylic acids is 2. The zero-order valence-electron chi connectivity index (χ0n) is 16.6. The second-order valence-corrected chi connectivity index (χ2v) is 7.10. The average Bonchev–Trinajstić information content (AvgIpc) is 3.05. The summed E-state index contributed by atoms with van der Waals surface area (Å²) in [6, 6.07) is 21.5. The van der Waals surface area contributed by atoms with Gasteiger partial charge in [-0.2, -0.15) is 0 Å². The first-order valence-corrected chi connectivity index (χ1v) is 9.42. The van der Waals surface area contributed by atoms with E-state index in [-0.39, 0.29) is 11.8 Å². The highest BCUT2D eigenvalue weighted by Crippen LogP contribution is 2.39. The van der Waals surface area contributed by atoms with Crippen LogP contribution in [0.5, 0.6) is 5.75 Å². The van der Waals surface area contributed by atoms with E-state index in [2.05, 4.69) is 0 Å². The van der Waals surface area contributed by atoms with E-state index in [9.17, 15) is 9.59 Å². The minimum Gasteiger partial charge on any atom is -0.497 e. The van der Waals surface area contributed by atoms with Gasteiger partial charge < -0.3 is 9.64 Å². The molecule has 0 radical (unpaired) electrons. The van der Waals surface area contributed by atoms with Gasteiger partial charge in [-0.3, -0.25) is 14.5 Å². The summed E-state index contributed by atoms with van der Waals surface area (Å²) in [5, 5.41) is 0. The second-order valence-electron chi connectivity index (χ2n) is 7.10. The first kappa shape index (κ1) is 18.7. The molecular formula is C24H22N2O3. The first-order valence-electron chi connectivity index (χ1n) is 9.42. The molecule has 1 atom stereocenters. The second kappa shape index (κ2) is 7.43. The molecule has 146 valence electrons. The van der Waals surface area contributed by atoms with Crippen molar-refractivity contribution in [1.29, 1.82) is 0 Å². The molecule has 5 nitrogen and oxygen atoms in total. The zero-order valence-corrected chi connectivity index (χ0v) is 16.6. The molecule has 29 heavy (non-hydrogen) atoms. The van der Waals surface area contributed by atoms with Gasteiger partial charge in [-0.15, -0.1) is 0 Å². The zero-order chi connectivity index (χ0) is 20.5. The van der Waals surface area contributed by atoms with Crippen LogP contribution in [0.25, 0.3) is 0 Å². The van der Waals surface area contributed by atoms with E-state index in [1.54, 1.807) is 54.3 Å². The highest BCUT2D eigenvalue weighted by Gasteiger charge is 2.43. The van der Waals surface area contributed by atoms with Crippen LogP contribution in [0.4, 0.5) is 11.4 Å². The largest absolute Gasteiger partial charge is 0.497 e. The van der Waals surface area contributed by atoms with Crippen LogP contribution in [0.3, 0.4) is 0 Å². The highest BCUT2D eigenvalue weighted by atomic mass is 16.5. The third-order valence-electron chi connectivity index (χ3n) is 5.27. The molecule has 1 aliphatic rings. The quantitative estimate of drug-likeness (QED) is 0.669. The van der Waals surface area contributed by atoms with Gasteiger partial charge in [0.25, 0.3) is 11.8 Å². The Morgan fingerprint density at radius 2 is 1.72 bits per heavy atom. The van der Waals surface area contributed by atoms with Gasteiger partial charge in [-0.05, 0) is 60.5 Å². The van der Waals surface area contributed by atoms with Crippen LogP contribution in [-0.2, 0) is 4.79 Å². The summed E-state index contributed by atoms with van der Waals surface area (Å²) in [6.07, 6.45) is 0. The molecule has 5 heteroatoms. The van der Waals surface area contributed by atoms with Crippen molar-refractivity contribution in [3.05, 3.63) is 89.5 Å². The number of nitrogens with zero attached hydrogens (tertiary/aromatic N) is 2. The maximum atomic E-state index is 13.6. The lowest BCUT2D eigenvalue weighted by Gasteiger charge is -2.29. The van der Waals surface area contributed by atoms with E-state index in [1.807, 2.05) is 49.4 Å². The minimum absolute atomic E-state index is 0.162. The molecule has 0 bridgehead atoms. The number of hydrogen-bond acceptors (Lipinski definition) is 3. The van der Waals surface area contributed by atoms with Gasteiger partial charge >= 0.3 is 0 Å². The van der Waals surface area contributed by atoms with E-state index < -0.39 is 6.04 Å². The van der Waals surface area contributed by atoms with Crippen molar-refractivity contribution < 1.29 is 14.3 Å². The molecule has 2 amide bonds. The van der Waals surface area contributed by atoms with Gasteiger partial charge in [0.1, 0.15) is 11.8 Å². The van der Waals surface area contributed by atoms with Crippen LogP contribution in [0.2, 0.25) is 0 Å². The molecule has 0 saturated heterocycles. The summed E-state index contributed by atoms with van der Waals surface area (Å²) in [5.74, 6) is 0.351. The molecule has 4 rings (SSSR count). The van der Waals surface area contributed by atoms with Gasteiger partial charge in [0.05, 0.1) is 7.11 Å². The lowest BCUT2D eigenvalue weighted by Crippen LogP contribution is -2.40. The van der Waals surface area contributed by atoms with Crippen molar-refractivity contribution in [3.63, 3.8) is 0 Å². The van der Waals surface area contributed by atoms with Gasteiger partial charge in [-0.1, -0.05) is 30.3 Å². The summed E-state index contributed by atoms with van der Waals surface area (Å²) in [4.78, 5) is 30.0. The van der Waals surface area contributed by atoms with Crippen molar-refractivity contribution in [2.24, 2.45) is 0 Å². The number of amides is 2. The Balaban J connectivity index is 1.78. The highest BCUT2D eigenvalue weighted by molar-refractivity contribution is 6.17. The van der Waals surface area contributed by atoms with Crippen molar-refractivity contribution in [2.45, 2.75) is 13.0 Å². The number of rotatable bonds is 4. The van der Waals surface area contributed by atoms with Crippen LogP contribution >= 0.6 is 0 Å². The summed E-state index contributed by atoms with van der Waals surface area (Å²) < 4.78 is 5.22. The van der Waals surface area contributed by atoms with Crippen molar-refractivity contribution in [2.75, 3.05) is 24.0 Å². The number of anilines is 2. The number of hydrogen-bond donors (Lipinski definition) is 0. The van der Waals surface area contributed by atoms with E-state index in [0.29, 0.717) is 17.0 Å². The Hall–Kier alpha value is -3.60. The summed E-state index contributed by atoms with van der Waals surface area (Å²) in [5.41, 5.74) is 3.79. The van der Waals surface area contributed by atoms with Gasteiger partial charge in [-0.25, -0.2) is 0 Å². The SMILES string of the molecule is COc1ccc(N2C(=O)c3ccccc3C2C(=O)N(C)c2cccc(C)c2)cc1. The standard InChI is InChI=1S/C24H22N2O3/c1-16-7-6-8-18(15-16)25(2)24(28)22-20-9-4-5-10-21(20)23(27)26(22)17-11-13-19(29-3)14-12-17/h4-15,22H,1-3H3. The Morgan fingerprint density at radius 3 is 2.41 bits per heavy atom. The van der Waals surface area contributed by atoms with Crippen LogP contribution < -0.4 is 14.5 Å². The smallest absolute Gasteiger partial charge is 0.259 e. The fourth-order valence-corrected chi connectivity index (χ4v) is 3.72. The molecule has 3 aromatic rings. The lowest BCUT2D eigenvalue weighted by molar-refractivity contribution is -0.119. The van der Waals surface area contributed by atoms with E-state index in [0.717, 1.165) is 16.8 Å². The molecule has 0 saturated carbocycles. The third-order valence-corrected chi connectivity index (χ3v) is 5.27. The molecule has 0 N–H and O–H groups in total. The maximum Gasteiger partial charge on any atom is 0.259 e. The molecule has 3 aromatic carbocycles. The van der Waals surface area contributed by atoms with Gasteiger partial charge in [0.15, 0.2) is 0 Å². The Labute approximate surface area is 170 Å². The fourth-order valence-electron chi connectivity index (χ4n) is 3.72. The monoisotopic (exact) mass is 386 g/mol. The van der Waals surface area contributed by atoms with Crippen LogP contribution in [-0.4, -0.2) is 26.0 Å². The van der Waals surface area contributed by atoms with Gasteiger partial charge in [0.2, 0.25) is 0 Å². The maximum absolute atomic E-state index is 13.6. The number of likely N-dealkylation sites (N-methyl/N-ethyl adjacent to an activating group) is 1. The van der Waals surface area contributed by atoms with E-state index in [1.165, 1.54) is 0 Å². The molecule has 1 heterocycles. The number of fused-ring (bicyclic) bond motifs is 1. The number of benzene rings is 3. The topological polar surface area (TPSA) is 49.9 Å². The van der Waals surface area contributed by atoms with Gasteiger partial charge in [0, 0.05) is 24.0 Å². The first-order chi connectivity index (χ1) is 14.0. The summed E-state index contributed by atoms with van der Waals surface area (Å²) in [6.45, 7) is 1.99. The third kappa shape index (κ3) is 3.25. The molecule has 1 unspecified atom stereocenters. The molecular weight excluding hydrogens is 364 g/mol. The van der Waals surface area contributed by atoms with E-state index >= 15 is 0 Å². The predicted molar refractivity (Wildman–Crippen MR) is 114 cm³/mol. The minimum atomic E-state index is -0.724. The summed E-state index contributed by atoms with van der Waals surface area (Å²) in [7, 11) is 3.34. The number of aryl methyl sites for hydroxylation is 1. The fraction of sp³-hybridized carbons (Fsp3) is 0.167. The molecule has 0 spiro atoms. The molecule has 0 aromatic heterocycles. The Morgan fingerprint density at radius 1 is 1.00 bits per heavy atom. The Kier molecular flexibility index (Phi) is 4.80. The number of methoxy groups -OCH3 is 1.